The van der Waals surface area contributed by atoms with Gasteiger partial charge in [-0.1, -0.05) is 12.8 Å². The van der Waals surface area contributed by atoms with Gasteiger partial charge in [-0.15, -0.1) is 0 Å². The van der Waals surface area contributed by atoms with Crippen molar-refractivity contribution in [3.8, 4) is 0 Å². The fraction of sp³-hybridized carbons (Fsp3) is 0.923. The van der Waals surface area contributed by atoms with Gasteiger partial charge in [0.15, 0.2) is 0 Å². The van der Waals surface area contributed by atoms with Crippen LogP contribution in [0.5, 0.6) is 0 Å². The molecular formula is C13H24N2O2. The molecule has 4 nitrogen and oxygen atoms in total. The summed E-state index contributed by atoms with van der Waals surface area (Å²) in [6.07, 6.45) is 8.63. The Morgan fingerprint density at radius 2 is 2.06 bits per heavy atom. The quantitative estimate of drug-likeness (QED) is 0.779. The number of carbonyl (C=O) groups is 1. The smallest absolute Gasteiger partial charge is 0.240 e. The fourth-order valence-electron chi connectivity index (χ4n) is 2.79. The van der Waals surface area contributed by atoms with Crippen molar-refractivity contribution in [1.29, 1.82) is 0 Å². The maximum atomic E-state index is 11.9. The summed E-state index contributed by atoms with van der Waals surface area (Å²) in [7, 11) is 0. The number of nitrogens with one attached hydrogen (secondary N) is 1. The maximum Gasteiger partial charge on any atom is 0.240 e. The van der Waals surface area contributed by atoms with E-state index in [9.17, 15) is 4.79 Å². The summed E-state index contributed by atoms with van der Waals surface area (Å²) in [4.78, 5) is 11.9. The Hall–Kier alpha value is -0.610. The molecule has 2 rings (SSSR count). The SMILES string of the molecule is NC1(C(=O)NCCC2CCCCO2)CCCC1. The first-order valence-corrected chi connectivity index (χ1v) is 6.89. The monoisotopic (exact) mass is 240 g/mol. The van der Waals surface area contributed by atoms with E-state index in [0.29, 0.717) is 12.6 Å². The summed E-state index contributed by atoms with van der Waals surface area (Å²) in [6.45, 7) is 1.57. The molecule has 1 atom stereocenters. The third-order valence-electron chi connectivity index (χ3n) is 3.97. The molecule has 0 aromatic heterocycles. The zero-order valence-electron chi connectivity index (χ0n) is 10.5. The molecule has 17 heavy (non-hydrogen) atoms. The topological polar surface area (TPSA) is 64.4 Å². The molecule has 98 valence electrons. The predicted molar refractivity (Wildman–Crippen MR) is 66.6 cm³/mol. The van der Waals surface area contributed by atoms with Gasteiger partial charge in [0.1, 0.15) is 0 Å². The van der Waals surface area contributed by atoms with Crippen molar-refractivity contribution >= 4 is 5.91 Å². The highest BCUT2D eigenvalue weighted by Gasteiger charge is 2.36. The number of nitrogens with two attached hydrogens (primary N) is 1. The lowest BCUT2D eigenvalue weighted by molar-refractivity contribution is -0.126. The van der Waals surface area contributed by atoms with E-state index in [1.165, 1.54) is 12.8 Å². The fourth-order valence-corrected chi connectivity index (χ4v) is 2.79. The Kier molecular flexibility index (Phi) is 4.40. The Bertz CT molecular complexity index is 256. The maximum absolute atomic E-state index is 11.9. The van der Waals surface area contributed by atoms with Crippen molar-refractivity contribution in [2.24, 2.45) is 5.73 Å². The molecular weight excluding hydrogens is 216 g/mol. The van der Waals surface area contributed by atoms with Crippen molar-refractivity contribution in [3.63, 3.8) is 0 Å². The highest BCUT2D eigenvalue weighted by molar-refractivity contribution is 5.86. The Morgan fingerprint density at radius 1 is 1.29 bits per heavy atom. The average molecular weight is 240 g/mol. The second-order valence-corrected chi connectivity index (χ2v) is 5.40. The minimum Gasteiger partial charge on any atom is -0.378 e. The van der Waals surface area contributed by atoms with Crippen molar-refractivity contribution in [3.05, 3.63) is 0 Å². The molecule has 0 aromatic carbocycles. The van der Waals surface area contributed by atoms with Crippen LogP contribution >= 0.6 is 0 Å². The first-order chi connectivity index (χ1) is 8.21. The summed E-state index contributed by atoms with van der Waals surface area (Å²) in [5.74, 6) is 0.0332. The Morgan fingerprint density at radius 3 is 2.71 bits per heavy atom. The first kappa shape index (κ1) is 12.8. The molecule has 1 saturated carbocycles. The molecule has 2 aliphatic rings. The van der Waals surface area contributed by atoms with Gasteiger partial charge in [-0.3, -0.25) is 4.79 Å². The van der Waals surface area contributed by atoms with Gasteiger partial charge in [0.05, 0.1) is 11.6 Å². The van der Waals surface area contributed by atoms with Gasteiger partial charge in [0, 0.05) is 13.2 Å². The molecule has 3 N–H and O–H groups in total. The van der Waals surface area contributed by atoms with Gasteiger partial charge in [-0.05, 0) is 38.5 Å². The van der Waals surface area contributed by atoms with Gasteiger partial charge >= 0.3 is 0 Å². The minimum atomic E-state index is -0.590. The van der Waals surface area contributed by atoms with Crippen LogP contribution in [-0.4, -0.2) is 30.7 Å². The molecule has 1 unspecified atom stereocenters. The zero-order chi connectivity index (χ0) is 12.1. The van der Waals surface area contributed by atoms with Crippen molar-refractivity contribution in [2.75, 3.05) is 13.2 Å². The van der Waals surface area contributed by atoms with E-state index < -0.39 is 5.54 Å². The van der Waals surface area contributed by atoms with E-state index in [1.807, 2.05) is 0 Å². The number of ether oxygens (including phenoxy) is 1. The molecule has 4 heteroatoms. The van der Waals surface area contributed by atoms with Crippen molar-refractivity contribution in [1.82, 2.24) is 5.32 Å². The molecule has 1 aliphatic heterocycles. The van der Waals surface area contributed by atoms with Crippen LogP contribution in [0.25, 0.3) is 0 Å². The highest BCUT2D eigenvalue weighted by Crippen LogP contribution is 2.27. The van der Waals surface area contributed by atoms with Crippen LogP contribution in [0.15, 0.2) is 0 Å². The molecule has 1 amide bonds. The van der Waals surface area contributed by atoms with Gasteiger partial charge in [-0.25, -0.2) is 0 Å². The van der Waals surface area contributed by atoms with E-state index in [-0.39, 0.29) is 5.91 Å². The average Bonchev–Trinajstić information content (AvgIpc) is 2.79. The predicted octanol–water partition coefficient (Wildman–Crippen LogP) is 1.33. The van der Waals surface area contributed by atoms with Gasteiger partial charge in [-0.2, -0.15) is 0 Å². The first-order valence-electron chi connectivity index (χ1n) is 6.89. The molecule has 2 fully saturated rings. The van der Waals surface area contributed by atoms with Crippen LogP contribution in [0.3, 0.4) is 0 Å². The van der Waals surface area contributed by atoms with Crippen LogP contribution in [0.4, 0.5) is 0 Å². The van der Waals surface area contributed by atoms with Gasteiger partial charge < -0.3 is 15.8 Å². The number of rotatable bonds is 4. The number of carbonyl (C=O) groups excluding carboxylic acids is 1. The highest BCUT2D eigenvalue weighted by atomic mass is 16.5. The van der Waals surface area contributed by atoms with Crippen LogP contribution in [0.1, 0.15) is 51.4 Å². The van der Waals surface area contributed by atoms with Crippen LogP contribution in [0.2, 0.25) is 0 Å². The van der Waals surface area contributed by atoms with Crippen molar-refractivity contribution in [2.45, 2.75) is 63.0 Å². The summed E-state index contributed by atoms with van der Waals surface area (Å²) in [6, 6.07) is 0. The normalized spacial score (nSPS) is 27.9. The van der Waals surface area contributed by atoms with E-state index in [2.05, 4.69) is 5.32 Å². The van der Waals surface area contributed by atoms with E-state index in [0.717, 1.165) is 45.1 Å². The van der Waals surface area contributed by atoms with Gasteiger partial charge in [0.2, 0.25) is 5.91 Å². The Balaban J connectivity index is 1.65. The standard InChI is InChI=1S/C13H24N2O2/c14-13(7-2-3-8-13)12(16)15-9-6-11-5-1-4-10-17-11/h11H,1-10,14H2,(H,15,16). The third kappa shape index (κ3) is 3.42. The summed E-state index contributed by atoms with van der Waals surface area (Å²) in [5.41, 5.74) is 5.49. The van der Waals surface area contributed by atoms with E-state index in [1.54, 1.807) is 0 Å². The molecule has 0 bridgehead atoms. The molecule has 0 spiro atoms. The van der Waals surface area contributed by atoms with Crippen LogP contribution in [-0.2, 0) is 9.53 Å². The Labute approximate surface area is 103 Å². The summed E-state index contributed by atoms with van der Waals surface area (Å²) in [5, 5.41) is 2.97. The van der Waals surface area contributed by atoms with E-state index in [4.69, 9.17) is 10.5 Å². The lowest BCUT2D eigenvalue weighted by Gasteiger charge is -2.25. The summed E-state index contributed by atoms with van der Waals surface area (Å²) >= 11 is 0. The van der Waals surface area contributed by atoms with Crippen LogP contribution in [0, 0.1) is 0 Å². The largest absolute Gasteiger partial charge is 0.378 e. The molecule has 0 aromatic rings. The number of hydrogen-bond acceptors (Lipinski definition) is 3. The summed E-state index contributed by atoms with van der Waals surface area (Å²) < 4.78 is 5.63. The molecule has 1 saturated heterocycles. The molecule has 0 radical (unpaired) electrons. The number of hydrogen-bond donors (Lipinski definition) is 2. The minimum absolute atomic E-state index is 0.0332. The number of amides is 1. The second-order valence-electron chi connectivity index (χ2n) is 5.40. The zero-order valence-corrected chi connectivity index (χ0v) is 10.5. The second kappa shape index (κ2) is 5.83. The lowest BCUT2D eigenvalue weighted by Crippen LogP contribution is -2.52. The third-order valence-corrected chi connectivity index (χ3v) is 3.97. The van der Waals surface area contributed by atoms with Gasteiger partial charge in [0.25, 0.3) is 0 Å². The van der Waals surface area contributed by atoms with Crippen molar-refractivity contribution < 1.29 is 9.53 Å². The molecule has 1 aliphatic carbocycles. The van der Waals surface area contributed by atoms with Crippen LogP contribution < -0.4 is 11.1 Å². The van der Waals surface area contributed by atoms with E-state index >= 15 is 0 Å². The lowest BCUT2D eigenvalue weighted by atomic mass is 9.98. The molecule has 1 heterocycles.